The van der Waals surface area contributed by atoms with Crippen molar-refractivity contribution in [3.63, 3.8) is 0 Å². The van der Waals surface area contributed by atoms with Gasteiger partial charge in [-0.1, -0.05) is 47.6 Å². The summed E-state index contributed by atoms with van der Waals surface area (Å²) in [4.78, 5) is 0. The molecule has 1 atom stereocenters. The lowest BCUT2D eigenvalue weighted by molar-refractivity contribution is 0.218. The van der Waals surface area contributed by atoms with Crippen LogP contribution in [0.1, 0.15) is 64.7 Å². The predicted molar refractivity (Wildman–Crippen MR) is 102 cm³/mol. The first-order chi connectivity index (χ1) is 10.6. The van der Waals surface area contributed by atoms with Crippen LogP contribution in [-0.4, -0.2) is 0 Å². The van der Waals surface area contributed by atoms with Gasteiger partial charge in [0.15, 0.2) is 9.53 Å². The van der Waals surface area contributed by atoms with Crippen molar-refractivity contribution in [3.05, 3.63) is 44.9 Å². The van der Waals surface area contributed by atoms with Crippen molar-refractivity contribution >= 4 is 28.3 Å². The third-order valence-electron chi connectivity index (χ3n) is 4.14. The van der Waals surface area contributed by atoms with Gasteiger partial charge in [-0.15, -0.1) is 0 Å². The third-order valence-corrected chi connectivity index (χ3v) is 4.72. The molecule has 4 heteroatoms. The molecule has 0 unspecified atom stereocenters. The van der Waals surface area contributed by atoms with Gasteiger partial charge in [0.05, 0.1) is 5.69 Å². The van der Waals surface area contributed by atoms with Gasteiger partial charge in [-0.25, -0.2) is 0 Å². The van der Waals surface area contributed by atoms with E-state index in [0.717, 1.165) is 21.0 Å². The molecule has 3 nitrogen and oxygen atoms in total. The summed E-state index contributed by atoms with van der Waals surface area (Å²) < 4.78 is 12.8. The Labute approximate surface area is 151 Å². The Kier molecular flexibility index (Phi) is 3.94. The number of halogens is 1. The van der Waals surface area contributed by atoms with E-state index >= 15 is 0 Å². The van der Waals surface area contributed by atoms with Crippen LogP contribution in [-0.2, 0) is 10.8 Å². The maximum absolute atomic E-state index is 6.22. The topological polar surface area (TPSA) is 34.4 Å². The van der Waals surface area contributed by atoms with E-state index in [2.05, 4.69) is 81.6 Å². The number of hydrogen-bond acceptors (Lipinski definition) is 3. The molecule has 1 aliphatic rings. The van der Waals surface area contributed by atoms with Crippen LogP contribution in [0.25, 0.3) is 0 Å². The molecular formula is C19H24INO2. The van der Waals surface area contributed by atoms with Crippen molar-refractivity contribution in [2.75, 3.05) is 5.32 Å². The second-order valence-corrected chi connectivity index (χ2v) is 9.25. The molecule has 2 heterocycles. The number of rotatable bonds is 1. The molecule has 0 spiro atoms. The summed E-state index contributed by atoms with van der Waals surface area (Å²) in [5, 5.41) is 3.47. The number of fused-ring (bicyclic) bond motifs is 1. The van der Waals surface area contributed by atoms with Gasteiger partial charge in [-0.3, -0.25) is 0 Å². The Hall–Kier alpha value is -1.17. The van der Waals surface area contributed by atoms with E-state index in [0.29, 0.717) is 0 Å². The molecule has 1 aliphatic heterocycles. The molecule has 0 amide bonds. The molecule has 0 radical (unpaired) electrons. The molecule has 2 aromatic rings. The highest BCUT2D eigenvalue weighted by molar-refractivity contribution is 14.1. The second kappa shape index (κ2) is 5.43. The summed E-state index contributed by atoms with van der Waals surface area (Å²) in [6, 6.07) is 8.41. The highest BCUT2D eigenvalue weighted by Gasteiger charge is 2.33. The minimum Gasteiger partial charge on any atom is -0.461 e. The van der Waals surface area contributed by atoms with Gasteiger partial charge in [0.2, 0.25) is 6.23 Å². The zero-order valence-corrected chi connectivity index (χ0v) is 16.7. The summed E-state index contributed by atoms with van der Waals surface area (Å²) in [5.74, 6) is 1.75. The quantitative estimate of drug-likeness (QED) is 0.571. The minimum atomic E-state index is -0.259. The van der Waals surface area contributed by atoms with E-state index < -0.39 is 0 Å². The SMILES string of the molecule is CC(C)(C)c1cc2c(c(C(C)(C)C)c1)O[C@H](c1ccc(I)o1)N2. The second-order valence-electron chi connectivity index (χ2n) is 8.18. The fourth-order valence-electron chi connectivity index (χ4n) is 2.74. The normalized spacial score (nSPS) is 17.6. The molecule has 1 N–H and O–H groups in total. The highest BCUT2D eigenvalue weighted by Crippen LogP contribution is 2.47. The first-order valence-electron chi connectivity index (χ1n) is 7.93. The van der Waals surface area contributed by atoms with Crippen LogP contribution in [0.15, 0.2) is 28.7 Å². The fraction of sp³-hybridized carbons (Fsp3) is 0.474. The van der Waals surface area contributed by atoms with Crippen LogP contribution < -0.4 is 10.1 Å². The Morgan fingerprint density at radius 2 is 1.70 bits per heavy atom. The summed E-state index contributed by atoms with van der Waals surface area (Å²) >= 11 is 2.17. The average Bonchev–Trinajstić information content (AvgIpc) is 3.00. The Balaban J connectivity index is 2.07. The van der Waals surface area contributed by atoms with Crippen molar-refractivity contribution in [1.82, 2.24) is 0 Å². The lowest BCUT2D eigenvalue weighted by Crippen LogP contribution is -2.17. The van der Waals surface area contributed by atoms with E-state index in [4.69, 9.17) is 9.15 Å². The highest BCUT2D eigenvalue weighted by atomic mass is 127. The molecule has 1 aromatic heterocycles. The smallest absolute Gasteiger partial charge is 0.229 e. The third kappa shape index (κ3) is 3.23. The number of ether oxygens (including phenoxy) is 1. The molecule has 0 aliphatic carbocycles. The number of nitrogens with one attached hydrogen (secondary N) is 1. The van der Waals surface area contributed by atoms with E-state index in [1.165, 1.54) is 11.1 Å². The Morgan fingerprint density at radius 1 is 1.00 bits per heavy atom. The molecule has 1 aromatic carbocycles. The molecule has 0 saturated carbocycles. The molecular weight excluding hydrogens is 401 g/mol. The molecule has 0 fully saturated rings. The van der Waals surface area contributed by atoms with Crippen molar-refractivity contribution in [1.29, 1.82) is 0 Å². The summed E-state index contributed by atoms with van der Waals surface area (Å²) in [6.45, 7) is 13.4. The number of benzene rings is 1. The van der Waals surface area contributed by atoms with Gasteiger partial charge in [-0.05, 0) is 57.2 Å². The van der Waals surface area contributed by atoms with E-state index in [9.17, 15) is 0 Å². The number of hydrogen-bond donors (Lipinski definition) is 1. The van der Waals surface area contributed by atoms with Gasteiger partial charge in [0.25, 0.3) is 0 Å². The average molecular weight is 425 g/mol. The van der Waals surface area contributed by atoms with E-state index in [1.807, 2.05) is 12.1 Å². The minimum absolute atomic E-state index is 0.0134. The molecule has 3 rings (SSSR count). The first-order valence-corrected chi connectivity index (χ1v) is 9.01. The van der Waals surface area contributed by atoms with Crippen LogP contribution in [0.2, 0.25) is 0 Å². The summed E-state index contributed by atoms with van der Waals surface area (Å²) in [7, 11) is 0. The summed E-state index contributed by atoms with van der Waals surface area (Å²) in [5.41, 5.74) is 3.70. The standard InChI is InChI=1S/C19H24INO2/c1-18(2,3)11-9-12(19(4,5)6)16-13(10-11)21-17(23-16)14-7-8-15(20)22-14/h7-10,17,21H,1-6H3/t17-/m1/s1. The molecule has 23 heavy (non-hydrogen) atoms. The van der Waals surface area contributed by atoms with Crippen molar-refractivity contribution in [2.24, 2.45) is 0 Å². The lowest BCUT2D eigenvalue weighted by atomic mass is 9.80. The lowest BCUT2D eigenvalue weighted by Gasteiger charge is -2.26. The van der Waals surface area contributed by atoms with Gasteiger partial charge < -0.3 is 14.5 Å². The van der Waals surface area contributed by atoms with E-state index in [1.54, 1.807) is 0 Å². The van der Waals surface area contributed by atoms with Crippen LogP contribution in [0.4, 0.5) is 5.69 Å². The number of furan rings is 1. The number of anilines is 1. The van der Waals surface area contributed by atoms with Crippen LogP contribution in [0.5, 0.6) is 5.75 Å². The molecule has 0 saturated heterocycles. The van der Waals surface area contributed by atoms with Gasteiger partial charge >= 0.3 is 0 Å². The van der Waals surface area contributed by atoms with Crippen LogP contribution >= 0.6 is 22.6 Å². The van der Waals surface area contributed by atoms with Crippen molar-refractivity contribution < 1.29 is 9.15 Å². The van der Waals surface area contributed by atoms with Crippen LogP contribution in [0.3, 0.4) is 0 Å². The zero-order chi connectivity index (χ0) is 17.0. The Morgan fingerprint density at radius 3 is 2.22 bits per heavy atom. The maximum atomic E-state index is 6.22. The maximum Gasteiger partial charge on any atom is 0.229 e. The van der Waals surface area contributed by atoms with Crippen LogP contribution in [0, 0.1) is 3.77 Å². The van der Waals surface area contributed by atoms with E-state index in [-0.39, 0.29) is 17.1 Å². The Bertz CT molecular complexity index is 735. The first kappa shape index (κ1) is 16.7. The summed E-state index contributed by atoms with van der Waals surface area (Å²) in [6.07, 6.45) is -0.259. The largest absolute Gasteiger partial charge is 0.461 e. The van der Waals surface area contributed by atoms with Crippen molar-refractivity contribution in [2.45, 2.75) is 58.6 Å². The zero-order valence-electron chi connectivity index (χ0n) is 14.6. The predicted octanol–water partition coefficient (Wildman–Crippen LogP) is 5.98. The van der Waals surface area contributed by atoms with Gasteiger partial charge in [0, 0.05) is 5.56 Å². The monoisotopic (exact) mass is 425 g/mol. The molecule has 0 bridgehead atoms. The van der Waals surface area contributed by atoms with Gasteiger partial charge in [-0.2, -0.15) is 0 Å². The van der Waals surface area contributed by atoms with Gasteiger partial charge in [0.1, 0.15) is 5.75 Å². The molecule has 124 valence electrons. The fourth-order valence-corrected chi connectivity index (χ4v) is 3.17. The van der Waals surface area contributed by atoms with Crippen molar-refractivity contribution in [3.8, 4) is 5.75 Å².